The van der Waals surface area contributed by atoms with E-state index in [1.54, 1.807) is 40.6 Å². The maximum atomic E-state index is 14.1. The molecule has 1 saturated heterocycles. The molecule has 3 aromatic rings. The fraction of sp³-hybridized carbons (Fsp3) is 0.447. The molecule has 0 radical (unpaired) electrons. The molecule has 1 aliphatic heterocycles. The summed E-state index contributed by atoms with van der Waals surface area (Å²) in [5, 5.41) is 6.41. The third-order valence-corrected chi connectivity index (χ3v) is 9.73. The number of aryl methyl sites for hydroxylation is 1. The zero-order valence-corrected chi connectivity index (χ0v) is 29.6. The van der Waals surface area contributed by atoms with Gasteiger partial charge in [-0.2, -0.15) is 0 Å². The molecule has 49 heavy (non-hydrogen) atoms. The average Bonchev–Trinajstić information content (AvgIpc) is 3.36. The molecular formula is C38H48N4O7. The monoisotopic (exact) mass is 672 g/mol. The van der Waals surface area contributed by atoms with Crippen molar-refractivity contribution in [1.82, 2.24) is 10.2 Å². The van der Waals surface area contributed by atoms with Crippen molar-refractivity contribution in [3.63, 3.8) is 0 Å². The number of rotatable bonds is 11. The highest BCUT2D eigenvalue weighted by Gasteiger charge is 2.33. The quantitative estimate of drug-likeness (QED) is 0.289. The van der Waals surface area contributed by atoms with Crippen LogP contribution in [0.3, 0.4) is 0 Å². The molecule has 2 aliphatic rings. The van der Waals surface area contributed by atoms with Crippen molar-refractivity contribution in [2.24, 2.45) is 5.92 Å². The maximum absolute atomic E-state index is 14.1. The Kier molecular flexibility index (Phi) is 11.2. The van der Waals surface area contributed by atoms with Gasteiger partial charge in [-0.3, -0.25) is 14.4 Å². The van der Waals surface area contributed by atoms with E-state index in [9.17, 15) is 14.4 Å². The van der Waals surface area contributed by atoms with Crippen LogP contribution < -0.4 is 39.9 Å². The van der Waals surface area contributed by atoms with Gasteiger partial charge in [-0.25, -0.2) is 0 Å². The third kappa shape index (κ3) is 7.40. The molecule has 11 heteroatoms. The van der Waals surface area contributed by atoms with Gasteiger partial charge in [-0.05, 0) is 77.9 Å². The van der Waals surface area contributed by atoms with Gasteiger partial charge in [0.1, 0.15) is 11.8 Å². The highest BCUT2D eigenvalue weighted by molar-refractivity contribution is 5.86. The van der Waals surface area contributed by atoms with Gasteiger partial charge >= 0.3 is 0 Å². The molecule has 0 saturated carbocycles. The van der Waals surface area contributed by atoms with E-state index in [1.807, 2.05) is 55.1 Å². The van der Waals surface area contributed by atoms with Crippen LogP contribution in [-0.2, 0) is 16.0 Å². The van der Waals surface area contributed by atoms with Crippen LogP contribution in [0.5, 0.6) is 23.0 Å². The van der Waals surface area contributed by atoms with E-state index >= 15 is 0 Å². The number of amides is 2. The van der Waals surface area contributed by atoms with Crippen molar-refractivity contribution in [2.45, 2.75) is 52.1 Å². The Morgan fingerprint density at radius 2 is 1.59 bits per heavy atom. The standard InChI is InChI=1S/C38H48N4O7/c1-8-23(2)35(38(45)42-19-17-41(18-20-42)26-10-12-27(46-4)13-11-26)40-31-16-14-28-29(22-32(31)44)30(39-24(3)43)15-9-25-21-33(47-5)36(48-6)37(49-7)34(25)28/h10-14,16,21-23,30,35H,8-9,15,17-20H2,1-7H3,(H,39,43)(H,40,44)/t23-,30-,35-/m0/s1. The second-order valence-corrected chi connectivity index (χ2v) is 12.6. The number of carbonyl (C=O) groups is 2. The van der Waals surface area contributed by atoms with Gasteiger partial charge in [-0.15, -0.1) is 0 Å². The molecule has 2 amide bonds. The predicted molar refractivity (Wildman–Crippen MR) is 191 cm³/mol. The minimum atomic E-state index is -0.607. The summed E-state index contributed by atoms with van der Waals surface area (Å²) in [6.07, 6.45) is 1.90. The zero-order chi connectivity index (χ0) is 35.2. The molecular weight excluding hydrogens is 624 g/mol. The third-order valence-electron chi connectivity index (χ3n) is 9.73. The molecule has 1 aliphatic carbocycles. The molecule has 11 nitrogen and oxygen atoms in total. The van der Waals surface area contributed by atoms with Gasteiger partial charge in [0.2, 0.25) is 23.0 Å². The Morgan fingerprint density at radius 3 is 2.18 bits per heavy atom. The summed E-state index contributed by atoms with van der Waals surface area (Å²) in [6.45, 7) is 8.08. The van der Waals surface area contributed by atoms with Crippen LogP contribution in [-0.4, -0.2) is 77.4 Å². The van der Waals surface area contributed by atoms with E-state index < -0.39 is 12.1 Å². The number of nitrogens with one attached hydrogen (secondary N) is 2. The first-order valence-electron chi connectivity index (χ1n) is 16.9. The lowest BCUT2D eigenvalue weighted by Gasteiger charge is -2.38. The summed E-state index contributed by atoms with van der Waals surface area (Å²) in [6, 6.07) is 14.0. The lowest BCUT2D eigenvalue weighted by Crippen LogP contribution is -2.54. The van der Waals surface area contributed by atoms with Crippen LogP contribution in [0.15, 0.2) is 53.3 Å². The Morgan fingerprint density at radius 1 is 0.898 bits per heavy atom. The second kappa shape index (κ2) is 15.5. The largest absolute Gasteiger partial charge is 0.497 e. The first-order valence-corrected chi connectivity index (χ1v) is 16.9. The summed E-state index contributed by atoms with van der Waals surface area (Å²) in [4.78, 5) is 44.6. The molecule has 2 N–H and O–H groups in total. The van der Waals surface area contributed by atoms with Crippen molar-refractivity contribution >= 4 is 23.2 Å². The van der Waals surface area contributed by atoms with Gasteiger partial charge in [0.05, 0.1) is 40.2 Å². The molecule has 262 valence electrons. The van der Waals surface area contributed by atoms with Gasteiger partial charge in [0.15, 0.2) is 11.5 Å². The molecule has 0 unspecified atom stereocenters. The van der Waals surface area contributed by atoms with Gasteiger partial charge in [0, 0.05) is 44.4 Å². The Hall–Kier alpha value is -4.93. The van der Waals surface area contributed by atoms with Crippen molar-refractivity contribution in [3.8, 4) is 34.1 Å². The lowest BCUT2D eigenvalue weighted by atomic mass is 9.95. The van der Waals surface area contributed by atoms with Crippen LogP contribution in [0.25, 0.3) is 11.1 Å². The van der Waals surface area contributed by atoms with Crippen LogP contribution in [0.4, 0.5) is 11.4 Å². The Bertz CT molecular complexity index is 1720. The van der Waals surface area contributed by atoms with E-state index in [-0.39, 0.29) is 23.2 Å². The van der Waals surface area contributed by atoms with E-state index in [2.05, 4.69) is 15.5 Å². The first kappa shape index (κ1) is 35.4. The molecule has 0 spiro atoms. The SMILES string of the molecule is CC[C@H](C)[C@H](Nc1ccc2c(cc1=O)[C@@H](NC(C)=O)CCc1cc(OC)c(OC)c(OC)c1-2)C(=O)N1CCN(c2ccc(OC)cc2)CC1. The Labute approximate surface area is 288 Å². The Balaban J connectivity index is 1.49. The molecule has 5 rings (SSSR count). The summed E-state index contributed by atoms with van der Waals surface area (Å²) in [5.41, 5.74) is 4.24. The number of anilines is 2. The molecule has 1 fully saturated rings. The molecule has 3 aromatic carbocycles. The summed E-state index contributed by atoms with van der Waals surface area (Å²) in [5.74, 6) is 1.99. The average molecular weight is 673 g/mol. The fourth-order valence-electron chi connectivity index (χ4n) is 6.85. The second-order valence-electron chi connectivity index (χ2n) is 12.6. The molecule has 0 bridgehead atoms. The maximum Gasteiger partial charge on any atom is 0.245 e. The minimum Gasteiger partial charge on any atom is -0.497 e. The smallest absolute Gasteiger partial charge is 0.245 e. The number of piperazine rings is 1. The lowest BCUT2D eigenvalue weighted by molar-refractivity contribution is -0.133. The van der Waals surface area contributed by atoms with E-state index in [0.717, 1.165) is 34.5 Å². The summed E-state index contributed by atoms with van der Waals surface area (Å²) >= 11 is 0. The predicted octanol–water partition coefficient (Wildman–Crippen LogP) is 5.05. The highest BCUT2D eigenvalue weighted by atomic mass is 16.5. The van der Waals surface area contributed by atoms with Crippen LogP contribution in [0, 0.1) is 5.92 Å². The number of methoxy groups -OCH3 is 4. The highest BCUT2D eigenvalue weighted by Crippen LogP contribution is 2.50. The van der Waals surface area contributed by atoms with E-state index in [0.29, 0.717) is 67.5 Å². The number of benzene rings is 2. The number of fused-ring (bicyclic) bond motifs is 3. The molecule has 3 atom stereocenters. The fourth-order valence-corrected chi connectivity index (χ4v) is 6.85. The minimum absolute atomic E-state index is 0.0313. The number of hydrogen-bond acceptors (Lipinski definition) is 9. The van der Waals surface area contributed by atoms with Crippen LogP contribution >= 0.6 is 0 Å². The summed E-state index contributed by atoms with van der Waals surface area (Å²) < 4.78 is 22.5. The van der Waals surface area contributed by atoms with Gasteiger partial charge in [0.25, 0.3) is 0 Å². The first-order chi connectivity index (χ1) is 23.6. The van der Waals surface area contributed by atoms with E-state index in [4.69, 9.17) is 18.9 Å². The number of carbonyl (C=O) groups excluding carboxylic acids is 2. The molecule has 0 aromatic heterocycles. The number of ether oxygens (including phenoxy) is 4. The summed E-state index contributed by atoms with van der Waals surface area (Å²) in [7, 11) is 6.35. The topological polar surface area (TPSA) is 119 Å². The van der Waals surface area contributed by atoms with Gasteiger partial charge < -0.3 is 39.4 Å². The normalized spacial score (nSPS) is 16.7. The van der Waals surface area contributed by atoms with Crippen molar-refractivity contribution in [1.29, 1.82) is 0 Å². The van der Waals surface area contributed by atoms with Crippen LogP contribution in [0.1, 0.15) is 50.8 Å². The van der Waals surface area contributed by atoms with Crippen molar-refractivity contribution < 1.29 is 28.5 Å². The van der Waals surface area contributed by atoms with Crippen molar-refractivity contribution in [3.05, 3.63) is 69.9 Å². The number of hydrogen-bond donors (Lipinski definition) is 2. The molecule has 1 heterocycles. The van der Waals surface area contributed by atoms with Gasteiger partial charge in [-0.1, -0.05) is 26.3 Å². The zero-order valence-electron chi connectivity index (χ0n) is 29.6. The number of nitrogens with zero attached hydrogens (tertiary/aromatic N) is 2. The van der Waals surface area contributed by atoms with E-state index in [1.165, 1.54) is 6.92 Å². The van der Waals surface area contributed by atoms with Crippen molar-refractivity contribution in [2.75, 3.05) is 64.8 Å². The van der Waals surface area contributed by atoms with Crippen LogP contribution in [0.2, 0.25) is 0 Å².